The van der Waals surface area contributed by atoms with E-state index < -0.39 is 25.0 Å². The number of aliphatic hydroxyl groups excluding tert-OH is 1. The summed E-state index contributed by atoms with van der Waals surface area (Å²) in [5, 5.41) is 19.7. The zero-order valence-corrected chi connectivity index (χ0v) is 6.94. The van der Waals surface area contributed by atoms with E-state index in [0.29, 0.717) is 0 Å². The number of aromatic nitrogens is 3. The number of H-pyrrole nitrogens is 1. The number of halogens is 2. The average molecular weight is 206 g/mol. The molecule has 0 saturated heterocycles. The van der Waals surface area contributed by atoms with Gasteiger partial charge in [0.25, 0.3) is 12.3 Å². The van der Waals surface area contributed by atoms with Crippen LogP contribution in [0.3, 0.4) is 0 Å². The molecule has 1 unspecified atom stereocenters. The van der Waals surface area contributed by atoms with Crippen LogP contribution in [0.25, 0.3) is 0 Å². The van der Waals surface area contributed by atoms with Gasteiger partial charge in [0.2, 0.25) is 0 Å². The Morgan fingerprint density at radius 1 is 1.71 bits per heavy atom. The van der Waals surface area contributed by atoms with Gasteiger partial charge in [-0.05, 0) is 0 Å². The molecule has 0 aliphatic heterocycles. The summed E-state index contributed by atoms with van der Waals surface area (Å²) in [5.74, 6) is -0.668. The molecule has 78 valence electrons. The minimum atomic E-state index is -2.88. The number of carbonyl (C=O) groups is 1. The summed E-state index contributed by atoms with van der Waals surface area (Å²) in [6.07, 6.45) is -3.61. The van der Waals surface area contributed by atoms with E-state index in [1.165, 1.54) is 0 Å². The van der Waals surface area contributed by atoms with E-state index in [4.69, 9.17) is 5.11 Å². The van der Waals surface area contributed by atoms with Gasteiger partial charge < -0.3 is 10.4 Å². The Bertz CT molecular complexity index is 290. The molecule has 0 aromatic carbocycles. The molecule has 1 atom stereocenters. The summed E-state index contributed by atoms with van der Waals surface area (Å²) in [6.45, 7) is -0.524. The van der Waals surface area contributed by atoms with Crippen LogP contribution in [0.15, 0.2) is 6.20 Å². The lowest BCUT2D eigenvalue weighted by Gasteiger charge is -2.09. The van der Waals surface area contributed by atoms with Gasteiger partial charge in [0.15, 0.2) is 5.69 Å². The van der Waals surface area contributed by atoms with E-state index in [0.717, 1.165) is 6.20 Å². The van der Waals surface area contributed by atoms with Crippen molar-refractivity contribution < 1.29 is 18.7 Å². The molecule has 14 heavy (non-hydrogen) atoms. The molecule has 3 N–H and O–H groups in total. The molecule has 0 bridgehead atoms. The minimum absolute atomic E-state index is 0.0218. The smallest absolute Gasteiger partial charge is 0.273 e. The monoisotopic (exact) mass is 206 g/mol. The van der Waals surface area contributed by atoms with E-state index in [9.17, 15) is 13.6 Å². The molecule has 1 amide bonds. The van der Waals surface area contributed by atoms with Gasteiger partial charge in [0, 0.05) is 6.54 Å². The highest BCUT2D eigenvalue weighted by molar-refractivity contribution is 5.91. The number of hydrogen-bond acceptors (Lipinski definition) is 4. The van der Waals surface area contributed by atoms with Gasteiger partial charge in [-0.2, -0.15) is 15.4 Å². The lowest BCUT2D eigenvalue weighted by Crippen LogP contribution is -2.35. The van der Waals surface area contributed by atoms with Crippen molar-refractivity contribution in [3.05, 3.63) is 11.9 Å². The molecule has 1 heterocycles. The fourth-order valence-electron chi connectivity index (χ4n) is 0.688. The lowest BCUT2D eigenvalue weighted by atomic mass is 10.3. The van der Waals surface area contributed by atoms with Crippen molar-refractivity contribution in [2.45, 2.75) is 12.5 Å². The summed E-state index contributed by atoms with van der Waals surface area (Å²) < 4.78 is 23.6. The summed E-state index contributed by atoms with van der Waals surface area (Å²) in [4.78, 5) is 11.0. The molecule has 0 saturated carbocycles. The summed E-state index contributed by atoms with van der Waals surface area (Å²) in [7, 11) is 0. The number of carbonyl (C=O) groups excluding carboxylic acids is 1. The number of alkyl halides is 2. The van der Waals surface area contributed by atoms with Gasteiger partial charge in [-0.3, -0.25) is 4.79 Å². The lowest BCUT2D eigenvalue weighted by molar-refractivity contribution is -0.00272. The normalized spacial score (nSPS) is 12.9. The molecular formula is C6H8F2N4O2. The quantitative estimate of drug-likeness (QED) is 0.599. The highest BCUT2D eigenvalue weighted by Crippen LogP contribution is 1.98. The molecule has 0 fully saturated rings. The van der Waals surface area contributed by atoms with Crippen molar-refractivity contribution in [1.29, 1.82) is 0 Å². The van der Waals surface area contributed by atoms with Crippen LogP contribution in [0.4, 0.5) is 8.78 Å². The number of nitrogens with zero attached hydrogens (tertiary/aromatic N) is 2. The molecule has 6 nitrogen and oxygen atoms in total. The fourth-order valence-corrected chi connectivity index (χ4v) is 0.688. The maximum absolute atomic E-state index is 11.8. The Morgan fingerprint density at radius 3 is 2.93 bits per heavy atom. The van der Waals surface area contributed by atoms with Crippen molar-refractivity contribution in [3.8, 4) is 0 Å². The van der Waals surface area contributed by atoms with Crippen LogP contribution in [0.5, 0.6) is 0 Å². The summed E-state index contributed by atoms with van der Waals surface area (Å²) >= 11 is 0. The maximum atomic E-state index is 11.8. The third-order valence-corrected chi connectivity index (χ3v) is 1.41. The van der Waals surface area contributed by atoms with Crippen LogP contribution >= 0.6 is 0 Å². The third-order valence-electron chi connectivity index (χ3n) is 1.41. The van der Waals surface area contributed by atoms with Crippen LogP contribution < -0.4 is 5.32 Å². The predicted molar refractivity (Wildman–Crippen MR) is 40.7 cm³/mol. The maximum Gasteiger partial charge on any atom is 0.273 e. The van der Waals surface area contributed by atoms with Gasteiger partial charge in [0.05, 0.1) is 6.20 Å². The Labute approximate surface area is 77.3 Å². The summed E-state index contributed by atoms with van der Waals surface area (Å²) in [6, 6.07) is 0. The fraction of sp³-hybridized carbons (Fsp3) is 0.500. The molecule has 8 heteroatoms. The molecule has 1 aromatic heterocycles. The molecule has 0 aliphatic carbocycles. The minimum Gasteiger partial charge on any atom is -0.385 e. The Balaban J connectivity index is 2.36. The zero-order chi connectivity index (χ0) is 10.6. The second kappa shape index (κ2) is 4.61. The van der Waals surface area contributed by atoms with Gasteiger partial charge >= 0.3 is 0 Å². The first-order valence-corrected chi connectivity index (χ1v) is 3.71. The molecule has 0 aliphatic rings. The standard InChI is InChI=1S/C6H8F2N4O2/c7-5(8)4(13)2-9-6(14)3-1-10-12-11-3/h1,4-5,13H,2H2,(H,9,14)(H,10,11,12). The third kappa shape index (κ3) is 2.73. The van der Waals surface area contributed by atoms with Gasteiger partial charge in [-0.1, -0.05) is 0 Å². The van der Waals surface area contributed by atoms with E-state index in [-0.39, 0.29) is 5.69 Å². The van der Waals surface area contributed by atoms with Crippen LogP contribution in [-0.2, 0) is 0 Å². The van der Waals surface area contributed by atoms with Crippen molar-refractivity contribution in [2.75, 3.05) is 6.54 Å². The number of hydrogen-bond donors (Lipinski definition) is 3. The predicted octanol–water partition coefficient (Wildman–Crippen LogP) is -0.840. The van der Waals surface area contributed by atoms with Crippen molar-refractivity contribution in [2.24, 2.45) is 0 Å². The number of aromatic amines is 1. The van der Waals surface area contributed by atoms with E-state index in [2.05, 4.69) is 20.7 Å². The van der Waals surface area contributed by atoms with Crippen molar-refractivity contribution in [1.82, 2.24) is 20.7 Å². The SMILES string of the molecule is O=C(NCC(O)C(F)F)c1cn[nH]n1. The Hall–Kier alpha value is -1.57. The van der Waals surface area contributed by atoms with Crippen molar-refractivity contribution >= 4 is 5.91 Å². The number of rotatable bonds is 4. The highest BCUT2D eigenvalue weighted by atomic mass is 19.3. The molecule has 0 spiro atoms. The Morgan fingerprint density at radius 2 is 2.43 bits per heavy atom. The largest absolute Gasteiger partial charge is 0.385 e. The number of nitrogens with one attached hydrogen (secondary N) is 2. The number of aliphatic hydroxyl groups is 1. The van der Waals surface area contributed by atoms with E-state index in [1.807, 2.05) is 0 Å². The van der Waals surface area contributed by atoms with Crippen LogP contribution in [0, 0.1) is 0 Å². The van der Waals surface area contributed by atoms with Crippen LogP contribution in [0.1, 0.15) is 10.5 Å². The topological polar surface area (TPSA) is 90.9 Å². The van der Waals surface area contributed by atoms with Gasteiger partial charge in [-0.15, -0.1) is 0 Å². The first-order chi connectivity index (χ1) is 6.61. The van der Waals surface area contributed by atoms with E-state index in [1.54, 1.807) is 0 Å². The zero-order valence-electron chi connectivity index (χ0n) is 6.94. The second-order valence-electron chi connectivity index (χ2n) is 2.47. The average Bonchev–Trinajstić information content (AvgIpc) is 2.66. The Kier molecular flexibility index (Phi) is 3.46. The first kappa shape index (κ1) is 10.5. The molecular weight excluding hydrogens is 198 g/mol. The van der Waals surface area contributed by atoms with Gasteiger partial charge in [0.1, 0.15) is 6.10 Å². The molecule has 1 aromatic rings. The van der Waals surface area contributed by atoms with Crippen molar-refractivity contribution in [3.63, 3.8) is 0 Å². The second-order valence-corrected chi connectivity index (χ2v) is 2.47. The van der Waals surface area contributed by atoms with E-state index >= 15 is 0 Å². The number of amides is 1. The molecule has 0 radical (unpaired) electrons. The van der Waals surface area contributed by atoms with Crippen LogP contribution in [0.2, 0.25) is 0 Å². The first-order valence-electron chi connectivity index (χ1n) is 3.71. The van der Waals surface area contributed by atoms with Gasteiger partial charge in [-0.25, -0.2) is 8.78 Å². The van der Waals surface area contributed by atoms with Crippen LogP contribution in [-0.4, -0.2) is 45.5 Å². The summed E-state index contributed by atoms with van der Waals surface area (Å²) in [5.41, 5.74) is -0.0218. The highest BCUT2D eigenvalue weighted by Gasteiger charge is 2.18. The molecule has 1 rings (SSSR count).